The third kappa shape index (κ3) is 7.37. The molecule has 108 valence electrons. The first-order valence-electron chi connectivity index (χ1n) is 5.15. The molecule has 0 aliphatic heterocycles. The molecule has 1 unspecified atom stereocenters. The van der Waals surface area contributed by atoms with E-state index < -0.39 is 16.4 Å². The van der Waals surface area contributed by atoms with Gasteiger partial charge in [-0.1, -0.05) is 23.2 Å². The van der Waals surface area contributed by atoms with Crippen LogP contribution in [0.3, 0.4) is 0 Å². The van der Waals surface area contributed by atoms with Crippen LogP contribution in [0.2, 0.25) is 10.0 Å². The number of hydrogen-bond acceptors (Lipinski definition) is 4. The molecule has 0 heterocycles. The molecule has 0 aliphatic rings. The van der Waals surface area contributed by atoms with Gasteiger partial charge in [-0.15, -0.1) is 0 Å². The number of hydrogen-bond donors (Lipinski definition) is 2. The third-order valence-corrected chi connectivity index (χ3v) is 3.67. The molecule has 0 bridgehead atoms. The second-order valence-electron chi connectivity index (χ2n) is 3.80. The smallest absolute Gasteiger partial charge is 0.489 e. The zero-order valence-electron chi connectivity index (χ0n) is 11.0. The first-order valence-corrected chi connectivity index (χ1v) is 7.30. The average Bonchev–Trinajstić information content (AvgIpc) is 2.29. The fourth-order valence-corrected chi connectivity index (χ4v) is 1.91. The minimum absolute atomic E-state index is 0. The van der Waals surface area contributed by atoms with Crippen LogP contribution in [0, 0.1) is 0 Å². The van der Waals surface area contributed by atoms with Crippen molar-refractivity contribution in [2.75, 3.05) is 20.2 Å². The molecule has 6 nitrogen and oxygen atoms in total. The molecular formula is C10H13Cl2KNO5S+. The van der Waals surface area contributed by atoms with E-state index in [2.05, 4.69) is 0 Å². The van der Waals surface area contributed by atoms with Crippen molar-refractivity contribution in [1.29, 1.82) is 0 Å². The van der Waals surface area contributed by atoms with Crippen LogP contribution in [0.25, 0.3) is 0 Å². The number of ether oxygens (including phenoxy) is 1. The van der Waals surface area contributed by atoms with Gasteiger partial charge in [0.25, 0.3) is 0 Å². The Labute approximate surface area is 170 Å². The molecule has 1 aromatic carbocycles. The van der Waals surface area contributed by atoms with Gasteiger partial charge in [-0.25, -0.2) is 0 Å². The Morgan fingerprint density at radius 2 is 2.00 bits per heavy atom. The molecule has 0 amide bonds. The summed E-state index contributed by atoms with van der Waals surface area (Å²) in [5, 5.41) is 10.3. The predicted octanol–water partition coefficient (Wildman–Crippen LogP) is -1.53. The Kier molecular flexibility index (Phi) is 9.75. The molecule has 0 fully saturated rings. The van der Waals surface area contributed by atoms with Crippen LogP contribution in [0.15, 0.2) is 18.2 Å². The van der Waals surface area contributed by atoms with Gasteiger partial charge in [-0.05, 0) is 12.1 Å². The van der Waals surface area contributed by atoms with Crippen molar-refractivity contribution in [3.05, 3.63) is 28.2 Å². The predicted molar refractivity (Wildman–Crippen MR) is 72.1 cm³/mol. The van der Waals surface area contributed by atoms with E-state index in [0.717, 1.165) is 7.05 Å². The Morgan fingerprint density at radius 1 is 1.40 bits per heavy atom. The number of likely N-dealkylation sites (N-methyl/N-ethyl adjacent to an activating group) is 1. The number of benzene rings is 1. The summed E-state index contributed by atoms with van der Waals surface area (Å²) in [5.74, 6) is 0.280. The first kappa shape index (κ1) is 21.1. The summed E-state index contributed by atoms with van der Waals surface area (Å²) < 4.78 is 36.0. The molecule has 20 heavy (non-hydrogen) atoms. The van der Waals surface area contributed by atoms with Crippen LogP contribution in [0.5, 0.6) is 5.75 Å². The van der Waals surface area contributed by atoms with Crippen molar-refractivity contribution in [1.82, 2.24) is 4.31 Å². The van der Waals surface area contributed by atoms with E-state index in [0.29, 0.717) is 14.4 Å². The summed E-state index contributed by atoms with van der Waals surface area (Å²) in [6.07, 6.45) is -1.12. The van der Waals surface area contributed by atoms with Crippen molar-refractivity contribution in [3.8, 4) is 5.75 Å². The molecule has 2 N–H and O–H groups in total. The first-order chi connectivity index (χ1) is 8.70. The molecule has 0 aromatic heterocycles. The minimum atomic E-state index is -4.33. The second-order valence-corrected chi connectivity index (χ2v) is 6.16. The maximum absolute atomic E-state index is 10.7. The molecule has 0 spiro atoms. The zero-order valence-corrected chi connectivity index (χ0v) is 16.4. The van der Waals surface area contributed by atoms with Gasteiger partial charge in [0.05, 0.1) is 5.02 Å². The van der Waals surface area contributed by atoms with Gasteiger partial charge in [0, 0.05) is 24.7 Å². The monoisotopic (exact) mass is 368 g/mol. The summed E-state index contributed by atoms with van der Waals surface area (Å²) in [7, 11) is -3.20. The van der Waals surface area contributed by atoms with E-state index in [9.17, 15) is 13.5 Å². The van der Waals surface area contributed by atoms with E-state index in [1.807, 2.05) is 0 Å². The number of nitrogens with zero attached hydrogens (tertiary/aromatic N) is 1. The van der Waals surface area contributed by atoms with Gasteiger partial charge in [0.2, 0.25) is 0 Å². The van der Waals surface area contributed by atoms with Crippen molar-refractivity contribution >= 4 is 33.5 Å². The van der Waals surface area contributed by atoms with E-state index in [1.54, 1.807) is 6.07 Å². The van der Waals surface area contributed by atoms with E-state index in [4.69, 9.17) is 32.5 Å². The van der Waals surface area contributed by atoms with Gasteiger partial charge in [0.15, 0.2) is 0 Å². The van der Waals surface area contributed by atoms with E-state index >= 15 is 0 Å². The topological polar surface area (TPSA) is 87.1 Å². The number of rotatable bonds is 6. The molecular weight excluding hydrogens is 356 g/mol. The summed E-state index contributed by atoms with van der Waals surface area (Å²) in [6.45, 7) is -0.503. The molecule has 0 saturated heterocycles. The SMILES string of the molecule is CN(CC(O)COc1cc(Cl)ccc1Cl)S(=O)(=O)O.[K+]. The largest absolute Gasteiger partial charge is 1.00 e. The van der Waals surface area contributed by atoms with Gasteiger partial charge in [0.1, 0.15) is 18.5 Å². The van der Waals surface area contributed by atoms with Gasteiger partial charge in [-0.2, -0.15) is 12.7 Å². The Hall–Kier alpha value is 1.07. The molecule has 1 rings (SSSR count). The summed E-state index contributed by atoms with van der Waals surface area (Å²) >= 11 is 11.6. The Balaban J connectivity index is 0.00000361. The van der Waals surface area contributed by atoms with E-state index in [1.165, 1.54) is 12.1 Å². The van der Waals surface area contributed by atoms with Crippen molar-refractivity contribution in [3.63, 3.8) is 0 Å². The third-order valence-electron chi connectivity index (χ3n) is 2.19. The summed E-state index contributed by atoms with van der Waals surface area (Å²) in [5.41, 5.74) is 0. The normalized spacial score (nSPS) is 12.9. The maximum atomic E-state index is 10.7. The fourth-order valence-electron chi connectivity index (χ4n) is 1.22. The number of aliphatic hydroxyl groups is 1. The average molecular weight is 369 g/mol. The van der Waals surface area contributed by atoms with Crippen LogP contribution in [-0.4, -0.2) is 48.7 Å². The molecule has 1 aromatic rings. The van der Waals surface area contributed by atoms with E-state index in [-0.39, 0.29) is 70.3 Å². The van der Waals surface area contributed by atoms with Crippen LogP contribution in [0.1, 0.15) is 0 Å². The van der Waals surface area contributed by atoms with Gasteiger partial charge >= 0.3 is 61.7 Å². The molecule has 1 atom stereocenters. The standard InChI is InChI=1S/C10H13Cl2NO5S.K/c1-13(19(15,16)17)5-8(14)6-18-10-4-7(11)2-3-9(10)12;/h2-4,8,14H,5-6H2,1H3,(H,15,16,17);/q;+1. The molecule has 0 radical (unpaired) electrons. The summed E-state index contributed by atoms with van der Waals surface area (Å²) in [6, 6.07) is 4.60. The summed E-state index contributed by atoms with van der Waals surface area (Å²) in [4.78, 5) is 0. The van der Waals surface area contributed by atoms with Gasteiger partial charge in [-0.3, -0.25) is 4.55 Å². The van der Waals surface area contributed by atoms with Crippen molar-refractivity contribution in [2.45, 2.75) is 6.10 Å². The number of halogens is 2. The minimum Gasteiger partial charge on any atom is -0.489 e. The van der Waals surface area contributed by atoms with Crippen LogP contribution >= 0.6 is 23.2 Å². The molecule has 0 aliphatic carbocycles. The molecule has 0 saturated carbocycles. The zero-order chi connectivity index (χ0) is 14.6. The van der Waals surface area contributed by atoms with Crippen molar-refractivity contribution < 1.29 is 74.2 Å². The van der Waals surface area contributed by atoms with Crippen molar-refractivity contribution in [2.24, 2.45) is 0 Å². The van der Waals surface area contributed by atoms with Crippen LogP contribution < -0.4 is 56.1 Å². The van der Waals surface area contributed by atoms with Gasteiger partial charge < -0.3 is 9.84 Å². The molecule has 10 heteroatoms. The Bertz CT molecular complexity index is 542. The number of aliphatic hydroxyl groups excluding tert-OH is 1. The fraction of sp³-hybridized carbons (Fsp3) is 0.400. The second kappa shape index (κ2) is 9.26. The van der Waals surface area contributed by atoms with Crippen LogP contribution in [-0.2, 0) is 10.3 Å². The quantitative estimate of drug-likeness (QED) is 0.470. The van der Waals surface area contributed by atoms with Crippen LogP contribution in [0.4, 0.5) is 0 Å². The Morgan fingerprint density at radius 3 is 2.55 bits per heavy atom. The maximum Gasteiger partial charge on any atom is 1.00 e.